The summed E-state index contributed by atoms with van der Waals surface area (Å²) < 4.78 is 13.9. The van der Waals surface area contributed by atoms with E-state index in [1.54, 1.807) is 0 Å². The van der Waals surface area contributed by atoms with Gasteiger partial charge in [-0.1, -0.05) is 42.8 Å². The minimum atomic E-state index is -0.907. The minimum absolute atomic E-state index is 0.250. The molecule has 2 nitrogen and oxygen atoms in total. The van der Waals surface area contributed by atoms with Crippen molar-refractivity contribution in [2.75, 3.05) is 0 Å². The Morgan fingerprint density at radius 2 is 1.76 bits per heavy atom. The largest absolute Gasteiger partial charge is 0.385 e. The van der Waals surface area contributed by atoms with Gasteiger partial charge in [0.1, 0.15) is 5.82 Å². The summed E-state index contributed by atoms with van der Waals surface area (Å²) in [6.07, 6.45) is 4.83. The summed E-state index contributed by atoms with van der Waals surface area (Å²) in [5.41, 5.74) is 2.04. The van der Waals surface area contributed by atoms with Crippen LogP contribution in [-0.2, 0) is 12.1 Å². The average Bonchev–Trinajstić information content (AvgIpc) is 2.56. The lowest BCUT2D eigenvalue weighted by Gasteiger charge is -2.52. The number of hydrogen-bond donors (Lipinski definition) is 1. The fourth-order valence-corrected chi connectivity index (χ4v) is 4.81. The first-order valence-electron chi connectivity index (χ1n) is 9.33. The Kier molecular flexibility index (Phi) is 4.38. The zero-order chi connectivity index (χ0) is 17.4. The van der Waals surface area contributed by atoms with Crippen LogP contribution in [-0.4, -0.2) is 22.1 Å². The first-order chi connectivity index (χ1) is 12.0. The second kappa shape index (κ2) is 6.54. The number of nitrogens with zero attached hydrogens (tertiary/aromatic N) is 1. The van der Waals surface area contributed by atoms with E-state index in [1.807, 2.05) is 19.1 Å². The van der Waals surface area contributed by atoms with Crippen LogP contribution < -0.4 is 0 Å². The fourth-order valence-electron chi connectivity index (χ4n) is 4.81. The Bertz CT molecular complexity index is 711. The monoisotopic (exact) mass is 339 g/mol. The summed E-state index contributed by atoms with van der Waals surface area (Å²) in [5.74, 6) is -0.250. The molecule has 2 aliphatic heterocycles. The SMILES string of the molecule is Cc1cc(F)cc(C2(O)CC3CCCC(C2)N3Cc2ccccc2)c1. The molecule has 1 N–H and O–H groups in total. The third-order valence-electron chi connectivity index (χ3n) is 5.95. The molecule has 0 aliphatic carbocycles. The van der Waals surface area contributed by atoms with Crippen LogP contribution in [0, 0.1) is 12.7 Å². The second-order valence-corrected chi connectivity index (χ2v) is 7.85. The van der Waals surface area contributed by atoms with E-state index in [1.165, 1.54) is 24.1 Å². The Hall–Kier alpha value is -1.71. The molecule has 0 radical (unpaired) electrons. The van der Waals surface area contributed by atoms with Crippen molar-refractivity contribution in [2.24, 2.45) is 0 Å². The molecule has 25 heavy (non-hydrogen) atoms. The van der Waals surface area contributed by atoms with Gasteiger partial charge in [-0.25, -0.2) is 4.39 Å². The second-order valence-electron chi connectivity index (χ2n) is 7.85. The molecule has 2 aromatic carbocycles. The first kappa shape index (κ1) is 16.7. The molecule has 2 atom stereocenters. The van der Waals surface area contributed by atoms with E-state index in [9.17, 15) is 9.50 Å². The van der Waals surface area contributed by atoms with Crippen molar-refractivity contribution >= 4 is 0 Å². The van der Waals surface area contributed by atoms with E-state index in [0.29, 0.717) is 24.9 Å². The summed E-state index contributed by atoms with van der Waals surface area (Å²) in [6.45, 7) is 2.83. The van der Waals surface area contributed by atoms with Crippen LogP contribution in [0.5, 0.6) is 0 Å². The van der Waals surface area contributed by atoms with Crippen LogP contribution in [0.25, 0.3) is 0 Å². The molecule has 0 aromatic heterocycles. The number of aryl methyl sites for hydroxylation is 1. The molecule has 2 heterocycles. The van der Waals surface area contributed by atoms with E-state index in [4.69, 9.17) is 0 Å². The van der Waals surface area contributed by atoms with Gasteiger partial charge in [0.25, 0.3) is 0 Å². The highest BCUT2D eigenvalue weighted by Crippen LogP contribution is 2.45. The van der Waals surface area contributed by atoms with Crippen molar-refractivity contribution in [2.45, 2.75) is 63.3 Å². The summed E-state index contributed by atoms with van der Waals surface area (Å²) in [4.78, 5) is 2.57. The van der Waals surface area contributed by atoms with Gasteiger partial charge in [-0.2, -0.15) is 0 Å². The van der Waals surface area contributed by atoms with Gasteiger partial charge >= 0.3 is 0 Å². The maximum Gasteiger partial charge on any atom is 0.123 e. The molecule has 0 amide bonds. The van der Waals surface area contributed by atoms with Crippen molar-refractivity contribution in [3.63, 3.8) is 0 Å². The minimum Gasteiger partial charge on any atom is -0.385 e. The van der Waals surface area contributed by atoms with Crippen LogP contribution in [0.2, 0.25) is 0 Å². The molecule has 2 fully saturated rings. The molecule has 0 saturated carbocycles. The number of benzene rings is 2. The standard InChI is InChI=1S/C22H26FNO/c1-16-10-18(12-19(23)11-16)22(25)13-20-8-5-9-21(14-22)24(20)15-17-6-3-2-4-7-17/h2-4,6-7,10-12,20-21,25H,5,8-9,13-15H2,1H3. The number of aliphatic hydroxyl groups is 1. The lowest BCUT2D eigenvalue weighted by atomic mass is 9.72. The lowest BCUT2D eigenvalue weighted by Crippen LogP contribution is -2.56. The Labute approximate surface area is 149 Å². The van der Waals surface area contributed by atoms with Crippen LogP contribution in [0.3, 0.4) is 0 Å². The van der Waals surface area contributed by atoms with E-state index >= 15 is 0 Å². The third kappa shape index (κ3) is 3.36. The maximum atomic E-state index is 13.9. The molecule has 2 bridgehead atoms. The van der Waals surface area contributed by atoms with E-state index in [2.05, 4.69) is 29.2 Å². The molecule has 2 saturated heterocycles. The third-order valence-corrected chi connectivity index (χ3v) is 5.95. The smallest absolute Gasteiger partial charge is 0.123 e. The highest BCUT2D eigenvalue weighted by atomic mass is 19.1. The van der Waals surface area contributed by atoms with Crippen LogP contribution in [0.15, 0.2) is 48.5 Å². The Morgan fingerprint density at radius 3 is 2.40 bits per heavy atom. The van der Waals surface area contributed by atoms with Gasteiger partial charge in [-0.15, -0.1) is 0 Å². The predicted octanol–water partition coefficient (Wildman–Crippen LogP) is 4.54. The Morgan fingerprint density at radius 1 is 1.08 bits per heavy atom. The number of piperidine rings is 2. The molecule has 2 aromatic rings. The van der Waals surface area contributed by atoms with Gasteiger partial charge in [0.05, 0.1) is 5.60 Å². The highest BCUT2D eigenvalue weighted by Gasteiger charge is 2.46. The number of fused-ring (bicyclic) bond motifs is 2. The molecule has 2 aliphatic rings. The normalized spacial score (nSPS) is 29.6. The van der Waals surface area contributed by atoms with Gasteiger partial charge < -0.3 is 5.11 Å². The number of hydrogen-bond acceptors (Lipinski definition) is 2. The number of halogens is 1. The first-order valence-corrected chi connectivity index (χ1v) is 9.33. The maximum absolute atomic E-state index is 13.9. The predicted molar refractivity (Wildman–Crippen MR) is 97.7 cm³/mol. The quantitative estimate of drug-likeness (QED) is 0.887. The molecule has 132 valence electrons. The van der Waals surface area contributed by atoms with E-state index < -0.39 is 5.60 Å². The summed E-state index contributed by atoms with van der Waals surface area (Å²) in [6, 6.07) is 16.3. The summed E-state index contributed by atoms with van der Waals surface area (Å²) in [5, 5.41) is 11.4. The molecule has 4 rings (SSSR count). The van der Waals surface area contributed by atoms with Gasteiger partial charge in [-0.05, 0) is 61.4 Å². The van der Waals surface area contributed by atoms with Gasteiger partial charge in [0, 0.05) is 18.6 Å². The van der Waals surface area contributed by atoms with Crippen LogP contribution >= 0.6 is 0 Å². The summed E-state index contributed by atoms with van der Waals surface area (Å²) in [7, 11) is 0. The van der Waals surface area contributed by atoms with Gasteiger partial charge in [0.15, 0.2) is 0 Å². The zero-order valence-electron chi connectivity index (χ0n) is 14.8. The molecular formula is C22H26FNO. The molecular weight excluding hydrogens is 313 g/mol. The van der Waals surface area contributed by atoms with Crippen molar-refractivity contribution in [1.82, 2.24) is 4.90 Å². The zero-order valence-corrected chi connectivity index (χ0v) is 14.8. The summed E-state index contributed by atoms with van der Waals surface area (Å²) >= 11 is 0. The molecule has 3 heteroatoms. The topological polar surface area (TPSA) is 23.5 Å². The lowest BCUT2D eigenvalue weighted by molar-refractivity contribution is -0.100. The van der Waals surface area contributed by atoms with Crippen molar-refractivity contribution in [3.8, 4) is 0 Å². The molecule has 2 unspecified atom stereocenters. The van der Waals surface area contributed by atoms with Crippen molar-refractivity contribution in [1.29, 1.82) is 0 Å². The fraction of sp³-hybridized carbons (Fsp3) is 0.455. The van der Waals surface area contributed by atoms with E-state index in [-0.39, 0.29) is 5.82 Å². The van der Waals surface area contributed by atoms with Gasteiger partial charge in [0.2, 0.25) is 0 Å². The van der Waals surface area contributed by atoms with Crippen LogP contribution in [0.4, 0.5) is 4.39 Å². The molecule has 0 spiro atoms. The van der Waals surface area contributed by atoms with Gasteiger partial charge in [-0.3, -0.25) is 4.90 Å². The van der Waals surface area contributed by atoms with Crippen molar-refractivity contribution in [3.05, 3.63) is 71.0 Å². The Balaban J connectivity index is 1.60. The van der Waals surface area contributed by atoms with Crippen LogP contribution in [0.1, 0.15) is 48.8 Å². The highest BCUT2D eigenvalue weighted by molar-refractivity contribution is 5.30. The van der Waals surface area contributed by atoms with Crippen molar-refractivity contribution < 1.29 is 9.50 Å². The van der Waals surface area contributed by atoms with E-state index in [0.717, 1.165) is 30.5 Å². The number of rotatable bonds is 3. The average molecular weight is 339 g/mol.